The van der Waals surface area contributed by atoms with E-state index in [4.69, 9.17) is 4.52 Å². The minimum atomic E-state index is -0.305. The first-order chi connectivity index (χ1) is 11.0. The fraction of sp³-hybridized carbons (Fsp3) is 0.312. The third-order valence-electron chi connectivity index (χ3n) is 3.44. The van der Waals surface area contributed by atoms with Crippen LogP contribution in [0.1, 0.15) is 19.1 Å². The molecule has 0 spiro atoms. The van der Waals surface area contributed by atoms with Crippen LogP contribution in [0.15, 0.2) is 39.8 Å². The van der Waals surface area contributed by atoms with Crippen LogP contribution in [0.4, 0.5) is 11.5 Å². The van der Waals surface area contributed by atoms with Gasteiger partial charge in [0.1, 0.15) is 12.3 Å². The van der Waals surface area contributed by atoms with Crippen molar-refractivity contribution in [1.29, 1.82) is 0 Å². The maximum absolute atomic E-state index is 12.5. The van der Waals surface area contributed by atoms with Crippen molar-refractivity contribution in [2.24, 2.45) is 0 Å². The van der Waals surface area contributed by atoms with Gasteiger partial charge in [0.2, 0.25) is 11.8 Å². The average Bonchev–Trinajstić information content (AvgIpc) is 2.85. The van der Waals surface area contributed by atoms with Crippen LogP contribution in [0.2, 0.25) is 0 Å². The molecule has 0 unspecified atom stereocenters. The van der Waals surface area contributed by atoms with E-state index in [1.807, 2.05) is 31.2 Å². The van der Waals surface area contributed by atoms with Crippen LogP contribution in [-0.2, 0) is 9.59 Å². The molecule has 1 aromatic heterocycles. The summed E-state index contributed by atoms with van der Waals surface area (Å²) in [7, 11) is 0. The van der Waals surface area contributed by atoms with Gasteiger partial charge in [0.05, 0.1) is 5.69 Å². The summed E-state index contributed by atoms with van der Waals surface area (Å²) < 4.78 is 4.92. The fourth-order valence-corrected chi connectivity index (χ4v) is 3.57. The predicted octanol–water partition coefficient (Wildman–Crippen LogP) is 2.84. The van der Waals surface area contributed by atoms with Gasteiger partial charge in [-0.05, 0) is 19.1 Å². The Morgan fingerprint density at radius 3 is 3.00 bits per heavy atom. The maximum Gasteiger partial charge on any atom is 0.245 e. The normalized spacial score (nSPS) is 17.6. The standard InChI is InChI=1S/C16H17N3O3S/c1-10-7-14(18-22-10)17-15(20)9-19-12-5-3-4-6-13(12)23-11(2)8-16(19)21/h3-7,11H,8-9H2,1-2H3,(H,17,18,20)/t11-/m1/s1. The van der Waals surface area contributed by atoms with Crippen LogP contribution in [0.5, 0.6) is 0 Å². The van der Waals surface area contributed by atoms with E-state index in [9.17, 15) is 9.59 Å². The van der Waals surface area contributed by atoms with Crippen LogP contribution in [0.3, 0.4) is 0 Å². The van der Waals surface area contributed by atoms with Gasteiger partial charge in [-0.3, -0.25) is 9.59 Å². The van der Waals surface area contributed by atoms with E-state index < -0.39 is 0 Å². The van der Waals surface area contributed by atoms with Gasteiger partial charge in [-0.15, -0.1) is 11.8 Å². The van der Waals surface area contributed by atoms with E-state index in [-0.39, 0.29) is 23.6 Å². The van der Waals surface area contributed by atoms with Crippen LogP contribution < -0.4 is 10.2 Å². The molecule has 1 atom stereocenters. The summed E-state index contributed by atoms with van der Waals surface area (Å²) in [6.07, 6.45) is 0.399. The number of carbonyl (C=O) groups excluding carboxylic acids is 2. The highest BCUT2D eigenvalue weighted by atomic mass is 32.2. The maximum atomic E-state index is 12.5. The molecule has 2 amide bonds. The highest BCUT2D eigenvalue weighted by Gasteiger charge is 2.27. The monoisotopic (exact) mass is 331 g/mol. The zero-order chi connectivity index (χ0) is 16.4. The summed E-state index contributed by atoms with van der Waals surface area (Å²) >= 11 is 1.65. The van der Waals surface area contributed by atoms with E-state index in [2.05, 4.69) is 10.5 Å². The largest absolute Gasteiger partial charge is 0.360 e. The molecule has 1 aliphatic rings. The van der Waals surface area contributed by atoms with E-state index in [1.165, 1.54) is 4.90 Å². The van der Waals surface area contributed by atoms with E-state index >= 15 is 0 Å². The number of anilines is 2. The number of hydrogen-bond acceptors (Lipinski definition) is 5. The number of nitrogens with zero attached hydrogens (tertiary/aromatic N) is 2. The molecule has 1 aliphatic heterocycles. The average molecular weight is 331 g/mol. The van der Waals surface area contributed by atoms with Crippen LogP contribution in [0.25, 0.3) is 0 Å². The van der Waals surface area contributed by atoms with Crippen molar-refractivity contribution in [2.45, 2.75) is 30.4 Å². The van der Waals surface area contributed by atoms with Crippen LogP contribution in [-0.4, -0.2) is 28.8 Å². The molecular formula is C16H17N3O3S. The number of nitrogens with one attached hydrogen (secondary N) is 1. The first-order valence-corrected chi connectivity index (χ1v) is 8.20. The van der Waals surface area contributed by atoms with Crippen LogP contribution >= 0.6 is 11.8 Å². The molecule has 0 aliphatic carbocycles. The molecule has 1 N–H and O–H groups in total. The summed E-state index contributed by atoms with van der Waals surface area (Å²) in [6, 6.07) is 9.28. The molecule has 1 aromatic carbocycles. The highest BCUT2D eigenvalue weighted by molar-refractivity contribution is 8.00. The van der Waals surface area contributed by atoms with Gasteiger partial charge < -0.3 is 14.7 Å². The molecular weight excluding hydrogens is 314 g/mol. The van der Waals surface area contributed by atoms with Crippen molar-refractivity contribution in [1.82, 2.24) is 5.16 Å². The molecule has 0 fully saturated rings. The molecule has 23 heavy (non-hydrogen) atoms. The minimum absolute atomic E-state index is 0.0466. The molecule has 0 radical (unpaired) electrons. The lowest BCUT2D eigenvalue weighted by molar-refractivity contribution is -0.121. The topological polar surface area (TPSA) is 75.4 Å². The fourth-order valence-electron chi connectivity index (χ4n) is 2.45. The van der Waals surface area contributed by atoms with Crippen LogP contribution in [0, 0.1) is 6.92 Å². The number of thioether (sulfide) groups is 1. The van der Waals surface area contributed by atoms with Crippen molar-refractivity contribution in [3.05, 3.63) is 36.1 Å². The summed E-state index contributed by atoms with van der Waals surface area (Å²) in [5.41, 5.74) is 0.776. The minimum Gasteiger partial charge on any atom is -0.360 e. The van der Waals surface area contributed by atoms with Gasteiger partial charge in [0, 0.05) is 22.6 Å². The Balaban J connectivity index is 1.80. The third kappa shape index (κ3) is 3.56. The summed E-state index contributed by atoms with van der Waals surface area (Å²) in [5.74, 6) is 0.606. The highest BCUT2D eigenvalue weighted by Crippen LogP contribution is 2.37. The molecule has 120 valence electrons. The lowest BCUT2D eigenvalue weighted by Crippen LogP contribution is -2.38. The lowest BCUT2D eigenvalue weighted by Gasteiger charge is -2.21. The Kier molecular flexibility index (Phi) is 4.38. The van der Waals surface area contributed by atoms with Crippen molar-refractivity contribution in [3.63, 3.8) is 0 Å². The summed E-state index contributed by atoms with van der Waals surface area (Å²) in [6.45, 7) is 3.71. The van der Waals surface area contributed by atoms with Crippen molar-refractivity contribution >= 4 is 35.1 Å². The molecule has 0 saturated carbocycles. The Labute approximate surface area is 138 Å². The first-order valence-electron chi connectivity index (χ1n) is 7.32. The number of aromatic nitrogens is 1. The third-order valence-corrected chi connectivity index (χ3v) is 4.61. The Morgan fingerprint density at radius 2 is 2.26 bits per heavy atom. The zero-order valence-corrected chi connectivity index (χ0v) is 13.7. The van der Waals surface area contributed by atoms with E-state index in [0.29, 0.717) is 18.0 Å². The Morgan fingerprint density at radius 1 is 1.48 bits per heavy atom. The number of para-hydroxylation sites is 1. The second kappa shape index (κ2) is 6.45. The van der Waals surface area contributed by atoms with Gasteiger partial charge in [0.15, 0.2) is 5.82 Å². The number of hydrogen-bond donors (Lipinski definition) is 1. The Bertz CT molecular complexity index is 744. The zero-order valence-electron chi connectivity index (χ0n) is 12.9. The van der Waals surface area contributed by atoms with E-state index in [1.54, 1.807) is 24.8 Å². The van der Waals surface area contributed by atoms with Gasteiger partial charge >= 0.3 is 0 Å². The van der Waals surface area contributed by atoms with Gasteiger partial charge in [-0.25, -0.2) is 0 Å². The molecule has 0 bridgehead atoms. The Hall–Kier alpha value is -2.28. The van der Waals surface area contributed by atoms with Crippen molar-refractivity contribution < 1.29 is 14.1 Å². The second-order valence-corrected chi connectivity index (χ2v) is 6.93. The molecule has 3 rings (SSSR count). The van der Waals surface area contributed by atoms with Crippen molar-refractivity contribution in [3.8, 4) is 0 Å². The SMILES string of the molecule is Cc1cc(NC(=O)CN2C(=O)C[C@@H](C)Sc3ccccc32)no1. The number of benzene rings is 1. The summed E-state index contributed by atoms with van der Waals surface area (Å²) in [5, 5.41) is 6.55. The smallest absolute Gasteiger partial charge is 0.245 e. The molecule has 2 heterocycles. The summed E-state index contributed by atoms with van der Waals surface area (Å²) in [4.78, 5) is 27.3. The molecule has 7 heteroatoms. The van der Waals surface area contributed by atoms with E-state index in [0.717, 1.165) is 10.6 Å². The second-order valence-electron chi connectivity index (χ2n) is 5.45. The van der Waals surface area contributed by atoms with Gasteiger partial charge in [-0.1, -0.05) is 24.2 Å². The predicted molar refractivity (Wildman–Crippen MR) is 88.6 cm³/mol. The molecule has 0 saturated heterocycles. The van der Waals surface area contributed by atoms with Gasteiger partial charge in [0.25, 0.3) is 0 Å². The molecule has 6 nitrogen and oxygen atoms in total. The lowest BCUT2D eigenvalue weighted by atomic mass is 10.2. The first kappa shape index (κ1) is 15.6. The van der Waals surface area contributed by atoms with Gasteiger partial charge in [-0.2, -0.15) is 0 Å². The molecule has 2 aromatic rings. The quantitative estimate of drug-likeness (QED) is 0.936. The number of fused-ring (bicyclic) bond motifs is 1. The number of amides is 2. The number of carbonyl (C=O) groups is 2. The number of rotatable bonds is 3. The van der Waals surface area contributed by atoms with Crippen molar-refractivity contribution in [2.75, 3.05) is 16.8 Å². The number of aryl methyl sites for hydroxylation is 1.